The van der Waals surface area contributed by atoms with E-state index < -0.39 is 194 Å². The molecule has 2 fully saturated rings. The molecule has 2 saturated heterocycles. The van der Waals surface area contributed by atoms with Gasteiger partial charge < -0.3 is 119 Å². The molecule has 1 aromatic carbocycles. The van der Waals surface area contributed by atoms with Gasteiger partial charge in [0.1, 0.15) is 66.5 Å². The van der Waals surface area contributed by atoms with E-state index in [0.717, 1.165) is 4.90 Å². The SMILES string of the molecule is CSCC[C@H](NC(=O)CNC(=O)[C@H](CC(N)=O)NC(=O)[C@H](CCC(N)=O)NC(=O)[C@H](Cc1cnc[nH]1)NC(=O)[C@H](CC(C)C)NC(=O)[C@@H](N)CCCN=C(N)N)C(=O)N1CCC[C@H]1C(=O)N[C@@H](Cc1ccccc1)C(=O)N[C@@H](CO)C(=O)N1CCC[C@H]1C(=O)N[C@@H](CCCN=C(N)N)C(=O)N[C@@H](CC(C)C)C(N)=O. The number of H-pyrrole nitrogens is 1. The number of aliphatic imine (C=N–C) groups is 2. The summed E-state index contributed by atoms with van der Waals surface area (Å²) in [7, 11) is 0. The van der Waals surface area contributed by atoms with E-state index in [0.29, 0.717) is 36.3 Å². The lowest BCUT2D eigenvalue weighted by Crippen LogP contribution is -2.60. The minimum absolute atomic E-state index is 0.00360. The summed E-state index contributed by atoms with van der Waals surface area (Å²) < 4.78 is 0. The summed E-state index contributed by atoms with van der Waals surface area (Å²) in [6.07, 6.45) is 3.97. The van der Waals surface area contributed by atoms with Crippen molar-refractivity contribution in [2.24, 2.45) is 67.7 Å². The topological polar surface area (TPSA) is 665 Å². The number of hydrogen-bond acceptors (Lipinski definition) is 21. The quantitative estimate of drug-likeness (QED) is 0.0166. The molecule has 604 valence electrons. The zero-order chi connectivity index (χ0) is 81.0. The number of aliphatic hydroxyl groups excluding tert-OH is 1. The van der Waals surface area contributed by atoms with Gasteiger partial charge in [-0.25, -0.2) is 4.98 Å². The standard InChI is InChI=1S/C68H110N24O16S/c1-36(2)27-44(55(72)97)85-58(100)41(16-10-23-79-68(75)76)84-63(105)50-17-12-25-92(50)66(108)49(34-93)90-61(103)46(29-38-13-7-6-8-14-38)89-64(106)51-18-11-24-91(51)65(107)43(21-26-109-5)82-54(96)33-80-57(99)48(31-53(71)95)88-59(101)42(19-20-52(70)94)83-62(104)47(30-39-32-77-35-81-39)87-60(102)45(28-37(3)4)86-56(98)40(69)15-9-22-78-67(73)74/h6-8,13-14,32,35-37,40-51,93H,9-12,15-31,33-34,69H2,1-5H3,(H2,70,94)(H2,71,95)(H2,72,97)(H,77,81)(H,80,99)(H,82,96)(H,83,104)(H,84,105)(H,85,100)(H,86,98)(H,87,102)(H,88,101)(H,89,106)(H,90,103)(H4,73,74,78)(H4,75,76,79)/t40-,41-,42-,43-,44-,45-,46-,47-,48-,49-,50-,51-/m0/s1. The molecule has 40 nitrogen and oxygen atoms in total. The lowest BCUT2D eigenvalue weighted by atomic mass is 10.0. The van der Waals surface area contributed by atoms with Crippen molar-refractivity contribution in [3.05, 3.63) is 54.1 Å². The highest BCUT2D eigenvalue weighted by Gasteiger charge is 2.43. The third-order valence-electron chi connectivity index (χ3n) is 17.6. The Bertz CT molecular complexity index is 3490. The molecule has 2 aliphatic rings. The monoisotopic (exact) mass is 1550 g/mol. The number of guanidine groups is 2. The molecule has 0 saturated carbocycles. The average molecular weight is 1550 g/mol. The summed E-state index contributed by atoms with van der Waals surface area (Å²) in [5.41, 5.74) is 45.3. The molecule has 109 heavy (non-hydrogen) atoms. The van der Waals surface area contributed by atoms with Gasteiger partial charge in [-0.05, 0) is 106 Å². The molecular formula is C68H110N24O16S. The number of nitrogens with one attached hydrogen (secondary N) is 11. The maximum atomic E-state index is 14.6. The number of rotatable bonds is 48. The summed E-state index contributed by atoms with van der Waals surface area (Å²) in [5.74, 6) is -13.6. The second kappa shape index (κ2) is 46.5. The zero-order valence-corrected chi connectivity index (χ0v) is 63.0. The smallest absolute Gasteiger partial charge is 0.248 e. The van der Waals surface area contributed by atoms with Gasteiger partial charge in [-0.3, -0.25) is 81.9 Å². The highest BCUT2D eigenvalue weighted by molar-refractivity contribution is 7.98. The Kier molecular flexibility index (Phi) is 38.7. The van der Waals surface area contributed by atoms with Crippen LogP contribution in [0.25, 0.3) is 0 Å². The van der Waals surface area contributed by atoms with E-state index >= 15 is 0 Å². The van der Waals surface area contributed by atoms with Crippen LogP contribution in [0.2, 0.25) is 0 Å². The number of carbonyl (C=O) groups is 15. The van der Waals surface area contributed by atoms with Crippen LogP contribution in [-0.2, 0) is 84.8 Å². The van der Waals surface area contributed by atoms with E-state index in [1.165, 1.54) is 29.2 Å². The summed E-state index contributed by atoms with van der Waals surface area (Å²) in [5, 5.41) is 36.2. The lowest BCUT2D eigenvalue weighted by molar-refractivity contribution is -0.144. The zero-order valence-electron chi connectivity index (χ0n) is 62.2. The number of nitrogens with two attached hydrogens (primary N) is 8. The maximum Gasteiger partial charge on any atom is 0.248 e. The Hall–Kier alpha value is -10.7. The van der Waals surface area contributed by atoms with Gasteiger partial charge in [-0.2, -0.15) is 11.8 Å². The molecule has 3 heterocycles. The van der Waals surface area contributed by atoms with E-state index in [9.17, 15) is 77.0 Å². The fourth-order valence-corrected chi connectivity index (χ4v) is 12.6. The number of aliphatic hydroxyl groups is 1. The van der Waals surface area contributed by atoms with Crippen LogP contribution in [-0.4, -0.2) is 249 Å². The molecule has 0 aliphatic carbocycles. The van der Waals surface area contributed by atoms with Gasteiger partial charge in [0.05, 0.1) is 31.9 Å². The molecule has 28 N–H and O–H groups in total. The first kappa shape index (κ1) is 90.7. The van der Waals surface area contributed by atoms with Crippen LogP contribution < -0.4 is 99.0 Å². The molecule has 4 rings (SSSR count). The number of imidazole rings is 1. The van der Waals surface area contributed by atoms with Crippen molar-refractivity contribution in [1.82, 2.24) is 72.9 Å². The number of likely N-dealkylation sites (tertiary alicyclic amines) is 2. The third kappa shape index (κ3) is 31.9. The molecule has 1 aromatic heterocycles. The van der Waals surface area contributed by atoms with Crippen molar-refractivity contribution in [3.63, 3.8) is 0 Å². The molecule has 0 bridgehead atoms. The molecule has 2 aliphatic heterocycles. The molecular weight excluding hydrogens is 1440 g/mol. The van der Waals surface area contributed by atoms with Gasteiger partial charge in [-0.1, -0.05) is 58.0 Å². The Morgan fingerprint density at radius 1 is 0.550 bits per heavy atom. The first-order chi connectivity index (χ1) is 51.6. The number of hydrogen-bond donors (Lipinski definition) is 20. The van der Waals surface area contributed by atoms with Gasteiger partial charge in [0.2, 0.25) is 88.6 Å². The summed E-state index contributed by atoms with van der Waals surface area (Å²) in [4.78, 5) is 223. The number of thioether (sulfide) groups is 1. The molecule has 12 atom stereocenters. The van der Waals surface area contributed by atoms with Crippen molar-refractivity contribution in [3.8, 4) is 0 Å². The minimum atomic E-state index is -1.83. The van der Waals surface area contributed by atoms with Gasteiger partial charge in [-0.15, -0.1) is 0 Å². The van der Waals surface area contributed by atoms with E-state index in [-0.39, 0.29) is 114 Å². The molecule has 2 aromatic rings. The number of aromatic amines is 1. The van der Waals surface area contributed by atoms with E-state index in [1.807, 2.05) is 13.8 Å². The third-order valence-corrected chi connectivity index (χ3v) is 18.3. The Morgan fingerprint density at radius 3 is 1.56 bits per heavy atom. The highest BCUT2D eigenvalue weighted by atomic mass is 32.2. The predicted octanol–water partition coefficient (Wildman–Crippen LogP) is -7.45. The summed E-state index contributed by atoms with van der Waals surface area (Å²) in [6.45, 7) is 5.71. The Morgan fingerprint density at radius 2 is 1.04 bits per heavy atom. The van der Waals surface area contributed by atoms with Crippen molar-refractivity contribution in [1.29, 1.82) is 0 Å². The van der Waals surface area contributed by atoms with Gasteiger partial charge >= 0.3 is 0 Å². The normalized spacial score (nSPS) is 16.7. The van der Waals surface area contributed by atoms with Crippen LogP contribution >= 0.6 is 11.8 Å². The van der Waals surface area contributed by atoms with Crippen molar-refractivity contribution in [2.75, 3.05) is 51.3 Å². The fourth-order valence-electron chi connectivity index (χ4n) is 12.1. The second-order valence-corrected chi connectivity index (χ2v) is 28.5. The van der Waals surface area contributed by atoms with Crippen LogP contribution in [0.15, 0.2) is 52.8 Å². The van der Waals surface area contributed by atoms with E-state index in [2.05, 4.69) is 73.1 Å². The van der Waals surface area contributed by atoms with E-state index in [4.69, 9.17) is 45.9 Å². The van der Waals surface area contributed by atoms with Crippen LogP contribution in [0, 0.1) is 11.8 Å². The van der Waals surface area contributed by atoms with Crippen molar-refractivity contribution < 1.29 is 77.0 Å². The maximum absolute atomic E-state index is 14.6. The van der Waals surface area contributed by atoms with Gasteiger partial charge in [0.15, 0.2) is 11.9 Å². The van der Waals surface area contributed by atoms with Crippen LogP contribution in [0.5, 0.6) is 0 Å². The molecule has 41 heteroatoms. The second-order valence-electron chi connectivity index (χ2n) is 27.5. The molecule has 0 radical (unpaired) electrons. The lowest BCUT2D eigenvalue weighted by Gasteiger charge is -2.31. The average Bonchev–Trinajstić information content (AvgIpc) is 1.72. The first-order valence-electron chi connectivity index (χ1n) is 36.1. The largest absolute Gasteiger partial charge is 0.394 e. The molecule has 15 amide bonds. The number of nitrogens with zero attached hydrogens (tertiary/aromatic N) is 5. The van der Waals surface area contributed by atoms with Crippen molar-refractivity contribution in [2.45, 2.75) is 203 Å². The number of amides is 15. The summed E-state index contributed by atoms with van der Waals surface area (Å²) >= 11 is 1.32. The first-order valence-corrected chi connectivity index (χ1v) is 37.5. The van der Waals surface area contributed by atoms with Gasteiger partial charge in [0.25, 0.3) is 0 Å². The van der Waals surface area contributed by atoms with E-state index in [1.54, 1.807) is 50.4 Å². The number of benzene rings is 1. The number of primary amides is 3. The Labute approximate surface area is 635 Å². The van der Waals surface area contributed by atoms with Crippen molar-refractivity contribution >= 4 is 112 Å². The fraction of sp³-hybridized carbons (Fsp3) is 0.618. The highest BCUT2D eigenvalue weighted by Crippen LogP contribution is 2.23. The molecule has 0 unspecified atom stereocenters. The van der Waals surface area contributed by atoms with Crippen LogP contribution in [0.1, 0.15) is 129 Å². The Balaban J connectivity index is 1.49. The number of aromatic nitrogens is 2. The van der Waals surface area contributed by atoms with Crippen LogP contribution in [0.3, 0.4) is 0 Å². The van der Waals surface area contributed by atoms with Crippen LogP contribution in [0.4, 0.5) is 0 Å². The van der Waals surface area contributed by atoms with Gasteiger partial charge in [0, 0.05) is 57.3 Å². The predicted molar refractivity (Wildman–Crippen MR) is 401 cm³/mol. The minimum Gasteiger partial charge on any atom is -0.394 e. The molecule has 0 spiro atoms. The summed E-state index contributed by atoms with van der Waals surface area (Å²) in [6, 6.07) is -8.01. The number of carbonyl (C=O) groups excluding carboxylic acids is 15.